The Hall–Kier alpha value is -2.44. The van der Waals surface area contributed by atoms with E-state index in [-0.39, 0.29) is 18.3 Å². The summed E-state index contributed by atoms with van der Waals surface area (Å²) in [6.45, 7) is 3.37. The molecule has 8 nitrogen and oxygen atoms in total. The van der Waals surface area contributed by atoms with Crippen molar-refractivity contribution in [3.8, 4) is 0 Å². The number of aliphatic carboxylic acids is 2. The summed E-state index contributed by atoms with van der Waals surface area (Å²) in [5.41, 5.74) is -2.64. The number of carboxylic acids is 2. The van der Waals surface area contributed by atoms with E-state index in [4.69, 9.17) is 5.11 Å². The average molecular weight is 315 g/mol. The molecular formula is C14H21NO7. The first-order valence-electron chi connectivity index (χ1n) is 6.50. The van der Waals surface area contributed by atoms with Crippen molar-refractivity contribution in [2.24, 2.45) is 5.92 Å². The van der Waals surface area contributed by atoms with Crippen molar-refractivity contribution in [1.82, 2.24) is 5.32 Å². The number of allylic oxidation sites excluding steroid dienone is 1. The fourth-order valence-electron chi connectivity index (χ4n) is 2.01. The Morgan fingerprint density at radius 1 is 1.32 bits per heavy atom. The largest absolute Gasteiger partial charge is 0.479 e. The van der Waals surface area contributed by atoms with Crippen LogP contribution in [0.3, 0.4) is 0 Å². The van der Waals surface area contributed by atoms with E-state index in [1.165, 1.54) is 18.9 Å². The SMILES string of the molecule is CCCC=CC(C(=C=O)C(=O)O)C(CC)(NC=O)C(=O)O.O. The monoisotopic (exact) mass is 315 g/mol. The minimum absolute atomic E-state index is 0. The van der Waals surface area contributed by atoms with Gasteiger partial charge in [-0.25, -0.2) is 14.4 Å². The summed E-state index contributed by atoms with van der Waals surface area (Å²) >= 11 is 0. The van der Waals surface area contributed by atoms with Crippen LogP contribution in [-0.4, -0.2) is 45.5 Å². The molecule has 0 saturated heterocycles. The number of rotatable bonds is 10. The first kappa shape index (κ1) is 21.9. The molecule has 0 radical (unpaired) electrons. The molecule has 2 unspecified atom stereocenters. The maximum absolute atomic E-state index is 11.6. The zero-order chi connectivity index (χ0) is 16.5. The fraction of sp³-hybridized carbons (Fsp3) is 0.500. The summed E-state index contributed by atoms with van der Waals surface area (Å²) in [4.78, 5) is 44.4. The molecule has 0 aromatic carbocycles. The molecule has 1 amide bonds. The minimum Gasteiger partial charge on any atom is -0.479 e. The van der Waals surface area contributed by atoms with Gasteiger partial charge < -0.3 is 21.0 Å². The number of amides is 1. The highest BCUT2D eigenvalue weighted by atomic mass is 16.4. The molecule has 8 heteroatoms. The molecule has 0 aromatic rings. The highest BCUT2D eigenvalue weighted by Crippen LogP contribution is 2.29. The quantitative estimate of drug-likeness (QED) is 0.222. The first-order valence-corrected chi connectivity index (χ1v) is 6.50. The van der Waals surface area contributed by atoms with Crippen molar-refractivity contribution in [2.75, 3.05) is 0 Å². The third-order valence-electron chi connectivity index (χ3n) is 3.22. The van der Waals surface area contributed by atoms with E-state index in [2.05, 4.69) is 5.32 Å². The predicted octanol–water partition coefficient (Wildman–Crippen LogP) is -0.0438. The van der Waals surface area contributed by atoms with Crippen LogP contribution in [0.25, 0.3) is 0 Å². The number of carbonyl (C=O) groups excluding carboxylic acids is 2. The normalized spacial score (nSPS) is 14.1. The van der Waals surface area contributed by atoms with Gasteiger partial charge in [0.25, 0.3) is 0 Å². The Kier molecular flexibility index (Phi) is 10.2. The molecule has 0 aliphatic heterocycles. The molecule has 5 N–H and O–H groups in total. The van der Waals surface area contributed by atoms with Crippen LogP contribution in [0.4, 0.5) is 0 Å². The van der Waals surface area contributed by atoms with Crippen molar-refractivity contribution in [1.29, 1.82) is 0 Å². The van der Waals surface area contributed by atoms with Crippen LogP contribution in [-0.2, 0) is 19.2 Å². The average Bonchev–Trinajstić information content (AvgIpc) is 2.43. The van der Waals surface area contributed by atoms with E-state index in [9.17, 15) is 24.3 Å². The summed E-state index contributed by atoms with van der Waals surface area (Å²) in [6.07, 6.45) is 4.35. The van der Waals surface area contributed by atoms with Gasteiger partial charge in [-0.1, -0.05) is 32.4 Å². The second-order valence-electron chi connectivity index (χ2n) is 4.41. The number of carbonyl (C=O) groups is 3. The van der Waals surface area contributed by atoms with Crippen molar-refractivity contribution >= 4 is 24.3 Å². The highest BCUT2D eigenvalue weighted by molar-refractivity contribution is 5.98. The third-order valence-corrected chi connectivity index (χ3v) is 3.22. The van der Waals surface area contributed by atoms with Gasteiger partial charge in [-0.15, -0.1) is 0 Å². The Labute approximate surface area is 127 Å². The Morgan fingerprint density at radius 3 is 2.23 bits per heavy atom. The lowest BCUT2D eigenvalue weighted by atomic mass is 9.76. The molecule has 2 atom stereocenters. The molecule has 0 saturated carbocycles. The van der Waals surface area contributed by atoms with Crippen molar-refractivity contribution in [3.63, 3.8) is 0 Å². The van der Waals surface area contributed by atoms with Gasteiger partial charge in [-0.3, -0.25) is 4.79 Å². The molecular weight excluding hydrogens is 294 g/mol. The Bertz CT molecular complexity index is 480. The second-order valence-corrected chi connectivity index (χ2v) is 4.41. The Balaban J connectivity index is 0. The predicted molar refractivity (Wildman–Crippen MR) is 77.9 cm³/mol. The third kappa shape index (κ3) is 4.83. The number of hydrogen-bond donors (Lipinski definition) is 3. The van der Waals surface area contributed by atoms with Gasteiger partial charge in [0.05, 0.1) is 5.92 Å². The molecule has 0 aromatic heterocycles. The second kappa shape index (κ2) is 10.3. The summed E-state index contributed by atoms with van der Waals surface area (Å²) in [6, 6.07) is 0. The molecule has 0 rings (SSSR count). The van der Waals surface area contributed by atoms with Gasteiger partial charge in [-0.05, 0) is 12.8 Å². The van der Waals surface area contributed by atoms with Crippen LogP contribution in [0.15, 0.2) is 17.7 Å². The number of hydrogen-bond acceptors (Lipinski definition) is 4. The van der Waals surface area contributed by atoms with Gasteiger partial charge >= 0.3 is 11.9 Å². The van der Waals surface area contributed by atoms with Crippen LogP contribution in [0, 0.1) is 5.92 Å². The summed E-state index contributed by atoms with van der Waals surface area (Å²) in [7, 11) is 0. The van der Waals surface area contributed by atoms with E-state index < -0.39 is 29.0 Å². The van der Waals surface area contributed by atoms with Crippen LogP contribution < -0.4 is 5.32 Å². The Morgan fingerprint density at radius 2 is 1.91 bits per heavy atom. The fourth-order valence-corrected chi connectivity index (χ4v) is 2.01. The van der Waals surface area contributed by atoms with Crippen molar-refractivity contribution in [2.45, 2.75) is 38.6 Å². The summed E-state index contributed by atoms with van der Waals surface area (Å²) in [5, 5.41) is 20.6. The van der Waals surface area contributed by atoms with Crippen LogP contribution in [0.5, 0.6) is 0 Å². The van der Waals surface area contributed by atoms with E-state index in [1.54, 1.807) is 6.08 Å². The lowest BCUT2D eigenvalue weighted by molar-refractivity contribution is -0.148. The van der Waals surface area contributed by atoms with Crippen LogP contribution in [0.2, 0.25) is 0 Å². The van der Waals surface area contributed by atoms with Crippen LogP contribution >= 0.6 is 0 Å². The number of carboxylic acid groups (broad SMARTS) is 2. The van der Waals surface area contributed by atoms with E-state index in [1.807, 2.05) is 6.92 Å². The molecule has 0 fully saturated rings. The van der Waals surface area contributed by atoms with Crippen LogP contribution in [0.1, 0.15) is 33.1 Å². The molecule has 0 bridgehead atoms. The molecule has 0 aliphatic carbocycles. The maximum Gasteiger partial charge on any atom is 0.343 e. The summed E-state index contributed by atoms with van der Waals surface area (Å²) < 4.78 is 0. The van der Waals surface area contributed by atoms with E-state index >= 15 is 0 Å². The first-order chi connectivity index (χ1) is 9.91. The van der Waals surface area contributed by atoms with Gasteiger partial charge in [0.2, 0.25) is 6.41 Å². The van der Waals surface area contributed by atoms with E-state index in [0.29, 0.717) is 6.42 Å². The smallest absolute Gasteiger partial charge is 0.343 e. The molecule has 0 heterocycles. The molecule has 124 valence electrons. The minimum atomic E-state index is -1.91. The zero-order valence-electron chi connectivity index (χ0n) is 12.5. The maximum atomic E-state index is 11.6. The molecule has 22 heavy (non-hydrogen) atoms. The molecule has 0 aliphatic rings. The van der Waals surface area contributed by atoms with Gasteiger partial charge in [-0.2, -0.15) is 0 Å². The molecule has 0 spiro atoms. The lowest BCUT2D eigenvalue weighted by Gasteiger charge is -2.33. The number of unbranched alkanes of at least 4 members (excludes halogenated alkanes) is 1. The van der Waals surface area contributed by atoms with Crippen molar-refractivity contribution in [3.05, 3.63) is 17.7 Å². The topological polar surface area (TPSA) is 152 Å². The van der Waals surface area contributed by atoms with Gasteiger partial charge in [0.15, 0.2) is 0 Å². The van der Waals surface area contributed by atoms with E-state index in [0.717, 1.165) is 6.42 Å². The number of nitrogens with one attached hydrogen (secondary N) is 1. The van der Waals surface area contributed by atoms with Gasteiger partial charge in [0, 0.05) is 0 Å². The standard InChI is InChI=1S/C14H19NO6.H2O/c1-3-5-6-7-11(10(8-16)12(18)19)14(4-2,13(20)21)15-9-17;/h6-7,9,11H,3-5H2,1-2H3,(H,15,17)(H,18,19)(H,20,21);1H2. The highest BCUT2D eigenvalue weighted by Gasteiger charge is 2.47. The van der Waals surface area contributed by atoms with Gasteiger partial charge in [0.1, 0.15) is 17.1 Å². The summed E-state index contributed by atoms with van der Waals surface area (Å²) in [5.74, 6) is -3.02. The zero-order valence-corrected chi connectivity index (χ0v) is 12.5. The van der Waals surface area contributed by atoms with Crippen molar-refractivity contribution < 1.29 is 34.9 Å². The lowest BCUT2D eigenvalue weighted by Crippen LogP contribution is -2.57.